The Kier molecular flexibility index (Phi) is 6.30. The van der Waals surface area contributed by atoms with E-state index in [2.05, 4.69) is 149 Å². The molecule has 0 radical (unpaired) electrons. The number of allylic oxidation sites excluding steroid dienone is 1. The molecule has 10 rings (SSSR count). The summed E-state index contributed by atoms with van der Waals surface area (Å²) in [6.07, 6.45) is 3.97. The number of benzene rings is 8. The molecule has 1 aliphatic carbocycles. The normalized spacial score (nSPS) is 13.6. The first-order valence-electron chi connectivity index (χ1n) is 16.9. The van der Waals surface area contributed by atoms with Crippen molar-refractivity contribution in [3.8, 4) is 16.8 Å². The summed E-state index contributed by atoms with van der Waals surface area (Å²) in [5, 5.41) is 23.5. The van der Waals surface area contributed by atoms with Crippen LogP contribution >= 0.6 is 0 Å². The van der Waals surface area contributed by atoms with Crippen LogP contribution in [0.25, 0.3) is 77.0 Å². The summed E-state index contributed by atoms with van der Waals surface area (Å²) in [4.78, 5) is 0. The molecule has 2 N–H and O–H groups in total. The molecule has 0 aliphatic heterocycles. The Morgan fingerprint density at radius 3 is 2.10 bits per heavy atom. The van der Waals surface area contributed by atoms with E-state index in [-0.39, 0.29) is 0 Å². The van der Waals surface area contributed by atoms with E-state index in [0.29, 0.717) is 11.4 Å². The first-order valence-corrected chi connectivity index (χ1v) is 16.9. The molecule has 234 valence electrons. The number of hydrogen-bond acceptors (Lipinski definition) is 3. The maximum atomic E-state index is 9.22. The number of nitrogens with zero attached hydrogens (tertiary/aromatic N) is 2. The highest BCUT2D eigenvalue weighted by Gasteiger charge is 2.20. The Hall–Kier alpha value is -6.78. The second-order valence-corrected chi connectivity index (χ2v) is 12.9. The topological polar surface area (TPSA) is 53.2 Å². The molecule has 1 aliphatic rings. The van der Waals surface area contributed by atoms with Crippen LogP contribution in [0.4, 0.5) is 5.69 Å². The van der Waals surface area contributed by atoms with Gasteiger partial charge in [0.15, 0.2) is 0 Å². The van der Waals surface area contributed by atoms with Gasteiger partial charge in [-0.25, -0.2) is 0 Å². The molecule has 4 heteroatoms. The molecule has 9 aromatic rings. The third-order valence-corrected chi connectivity index (χ3v) is 10.0. The maximum absolute atomic E-state index is 9.22. The molecule has 4 nitrogen and oxygen atoms in total. The van der Waals surface area contributed by atoms with Crippen LogP contribution in [0, 0.1) is 5.41 Å². The van der Waals surface area contributed by atoms with Gasteiger partial charge in [0.05, 0.1) is 22.4 Å². The van der Waals surface area contributed by atoms with E-state index < -0.39 is 0 Å². The van der Waals surface area contributed by atoms with Crippen molar-refractivity contribution in [2.75, 3.05) is 5.43 Å². The second kappa shape index (κ2) is 11.1. The van der Waals surface area contributed by atoms with E-state index in [1.807, 2.05) is 36.4 Å². The highest BCUT2D eigenvalue weighted by Crippen LogP contribution is 2.40. The molecule has 0 saturated carbocycles. The molecule has 1 heterocycles. The molecule has 8 aromatic carbocycles. The fourth-order valence-corrected chi connectivity index (χ4v) is 7.62. The van der Waals surface area contributed by atoms with E-state index in [1.165, 1.54) is 43.4 Å². The first-order chi connectivity index (χ1) is 24.7. The van der Waals surface area contributed by atoms with Gasteiger partial charge in [0, 0.05) is 22.0 Å². The summed E-state index contributed by atoms with van der Waals surface area (Å²) in [7, 11) is 0. The molecule has 0 unspecified atom stereocenters. The average Bonchev–Trinajstić information content (AvgIpc) is 3.50. The van der Waals surface area contributed by atoms with E-state index in [0.717, 1.165) is 44.4 Å². The Balaban J connectivity index is 1.13. The van der Waals surface area contributed by atoms with Crippen LogP contribution in [-0.2, 0) is 0 Å². The van der Waals surface area contributed by atoms with Gasteiger partial charge in [-0.1, -0.05) is 115 Å². The van der Waals surface area contributed by atoms with Crippen LogP contribution in [0.2, 0.25) is 0 Å². The lowest BCUT2D eigenvalue weighted by Crippen LogP contribution is -2.18. The highest BCUT2D eigenvalue weighted by molar-refractivity contribution is 6.55. The Morgan fingerprint density at radius 2 is 1.22 bits per heavy atom. The molecule has 1 aromatic heterocycles. The summed E-state index contributed by atoms with van der Waals surface area (Å²) >= 11 is 0. The van der Waals surface area contributed by atoms with Crippen LogP contribution < -0.4 is 5.43 Å². The molecule has 0 atom stereocenters. The van der Waals surface area contributed by atoms with Crippen LogP contribution in [0.5, 0.6) is 0 Å². The van der Waals surface area contributed by atoms with E-state index in [9.17, 15) is 5.41 Å². The average molecular weight is 639 g/mol. The van der Waals surface area contributed by atoms with Gasteiger partial charge >= 0.3 is 0 Å². The summed E-state index contributed by atoms with van der Waals surface area (Å²) in [6, 6.07) is 56.0. The van der Waals surface area contributed by atoms with Gasteiger partial charge in [0.1, 0.15) is 5.71 Å². The molecule has 0 saturated heterocycles. The van der Waals surface area contributed by atoms with Gasteiger partial charge in [-0.15, -0.1) is 0 Å². The van der Waals surface area contributed by atoms with Crippen molar-refractivity contribution < 1.29 is 0 Å². The fourth-order valence-electron chi connectivity index (χ4n) is 7.62. The molecule has 0 fully saturated rings. The van der Waals surface area contributed by atoms with Crippen LogP contribution in [0.1, 0.15) is 11.1 Å². The van der Waals surface area contributed by atoms with Gasteiger partial charge in [0.2, 0.25) is 0 Å². The highest BCUT2D eigenvalue weighted by atomic mass is 15.3. The fraction of sp³-hybridized carbons (Fsp3) is 0. The van der Waals surface area contributed by atoms with Crippen molar-refractivity contribution in [1.82, 2.24) is 4.57 Å². The van der Waals surface area contributed by atoms with Crippen molar-refractivity contribution in [3.63, 3.8) is 0 Å². The van der Waals surface area contributed by atoms with Crippen molar-refractivity contribution in [2.24, 2.45) is 5.10 Å². The van der Waals surface area contributed by atoms with Crippen molar-refractivity contribution in [2.45, 2.75) is 0 Å². The largest absolute Gasteiger partial charge is 0.309 e. The maximum Gasteiger partial charge on any atom is 0.109 e. The monoisotopic (exact) mass is 638 g/mol. The number of aromatic nitrogens is 1. The van der Waals surface area contributed by atoms with E-state index >= 15 is 0 Å². The number of anilines is 1. The van der Waals surface area contributed by atoms with Gasteiger partial charge < -0.3 is 4.57 Å². The molecule has 0 bridgehead atoms. The van der Waals surface area contributed by atoms with Crippen molar-refractivity contribution in [1.29, 1.82) is 5.41 Å². The molecule has 0 spiro atoms. The SMILES string of the molecule is N=C1/C(=N\Nc2ccccc2)C=Cc2ccc3ccc(-c4cccc(-n5c6cc7ccccc7cc6c6c7ccccc7ccc65)c4)cc3c21. The zero-order chi connectivity index (χ0) is 33.2. The minimum Gasteiger partial charge on any atom is -0.309 e. The Bertz CT molecular complexity index is 2910. The quantitative estimate of drug-likeness (QED) is 0.185. The smallest absolute Gasteiger partial charge is 0.109 e. The minimum absolute atomic E-state index is 0.409. The van der Waals surface area contributed by atoms with Gasteiger partial charge in [-0.05, 0) is 104 Å². The number of rotatable bonds is 4. The Labute approximate surface area is 288 Å². The zero-order valence-electron chi connectivity index (χ0n) is 27.1. The molecule has 0 amide bonds. The molecular formula is C46H30N4. The predicted octanol–water partition coefficient (Wildman–Crippen LogP) is 11.8. The first kappa shape index (κ1) is 28.3. The van der Waals surface area contributed by atoms with Gasteiger partial charge in [-0.2, -0.15) is 5.10 Å². The number of hydrogen-bond donors (Lipinski definition) is 2. The molecule has 50 heavy (non-hydrogen) atoms. The summed E-state index contributed by atoms with van der Waals surface area (Å²) in [6.45, 7) is 0. The Morgan fingerprint density at radius 1 is 0.500 bits per heavy atom. The summed E-state index contributed by atoms with van der Waals surface area (Å²) in [5.41, 5.74) is 12.7. The standard InChI is InChI=1S/C46H30N4/c47-46-41(49-48-36-13-2-1-3-14-36)23-21-31-19-17-30-18-20-35(26-39(30)44(31)46)32-12-8-15-37(25-32)50-42-24-22-29-9-6-7-16-38(29)45(42)40-27-33-10-4-5-11-34(33)28-43(40)50/h1-28,47-48H/b47-46?,49-41-. The predicted molar refractivity (Wildman–Crippen MR) is 212 cm³/mol. The van der Waals surface area contributed by atoms with Crippen molar-refractivity contribution in [3.05, 3.63) is 175 Å². The van der Waals surface area contributed by atoms with E-state index in [1.54, 1.807) is 0 Å². The third-order valence-electron chi connectivity index (χ3n) is 10.0. The van der Waals surface area contributed by atoms with Crippen LogP contribution in [-0.4, -0.2) is 16.0 Å². The second-order valence-electron chi connectivity index (χ2n) is 12.9. The van der Waals surface area contributed by atoms with Gasteiger partial charge in [0.25, 0.3) is 0 Å². The molecular weight excluding hydrogens is 609 g/mol. The summed E-state index contributed by atoms with van der Waals surface area (Å²) in [5.74, 6) is 0. The number of fused-ring (bicyclic) bond motifs is 9. The van der Waals surface area contributed by atoms with Gasteiger partial charge in [-0.3, -0.25) is 10.8 Å². The van der Waals surface area contributed by atoms with Crippen LogP contribution in [0.15, 0.2) is 169 Å². The number of nitrogens with one attached hydrogen (secondary N) is 2. The lowest BCUT2D eigenvalue weighted by atomic mass is 9.88. The number of hydrazone groups is 1. The van der Waals surface area contributed by atoms with Crippen LogP contribution in [0.3, 0.4) is 0 Å². The third kappa shape index (κ3) is 4.46. The lowest BCUT2D eigenvalue weighted by Gasteiger charge is -2.17. The van der Waals surface area contributed by atoms with Crippen molar-refractivity contribution >= 4 is 77.3 Å². The minimum atomic E-state index is 0.409. The zero-order valence-corrected chi connectivity index (χ0v) is 27.1. The van der Waals surface area contributed by atoms with E-state index in [4.69, 9.17) is 0 Å². The number of para-hydroxylation sites is 1. The summed E-state index contributed by atoms with van der Waals surface area (Å²) < 4.78 is 2.42. The lowest BCUT2D eigenvalue weighted by molar-refractivity contribution is 1.18.